The second-order valence-electron chi connectivity index (χ2n) is 8.23. The molecule has 1 aliphatic heterocycles. The fraction of sp³-hybridized carbons (Fsp3) is 0.478. The standard InChI is InChI=1S/C23H27F3N2O2.2ClH/c24-23(25,26)30-21-15-18(7-8-19(21)17-5-2-1-3-6-17)20(22(29)9-4-10-22)16-28-13-11-27-12-14-28;;/h1-3,5-8,15,20,27,29H,4,9-14,16H2;2*1H. The maximum atomic E-state index is 13.2. The third kappa shape index (κ3) is 6.29. The summed E-state index contributed by atoms with van der Waals surface area (Å²) in [5, 5.41) is 14.5. The van der Waals surface area contributed by atoms with Crippen molar-refractivity contribution in [3.05, 3.63) is 54.1 Å². The molecule has 4 rings (SSSR count). The van der Waals surface area contributed by atoms with Crippen molar-refractivity contribution < 1.29 is 23.0 Å². The molecular formula is C23H29Cl2F3N2O2. The summed E-state index contributed by atoms with van der Waals surface area (Å²) in [5.41, 5.74) is 0.853. The number of hydrogen-bond donors (Lipinski definition) is 2. The predicted octanol–water partition coefficient (Wildman–Crippen LogP) is 5.00. The van der Waals surface area contributed by atoms with Gasteiger partial charge in [0.2, 0.25) is 0 Å². The Morgan fingerprint density at radius 2 is 1.69 bits per heavy atom. The number of piperazine rings is 1. The summed E-state index contributed by atoms with van der Waals surface area (Å²) in [7, 11) is 0. The van der Waals surface area contributed by atoms with Crippen molar-refractivity contribution in [2.75, 3.05) is 32.7 Å². The minimum Gasteiger partial charge on any atom is -0.405 e. The Bertz CT molecular complexity index is 858. The van der Waals surface area contributed by atoms with Gasteiger partial charge in [-0.25, -0.2) is 0 Å². The highest BCUT2D eigenvalue weighted by Crippen LogP contribution is 2.46. The first-order valence-electron chi connectivity index (χ1n) is 10.4. The molecule has 2 aliphatic rings. The highest BCUT2D eigenvalue weighted by atomic mass is 35.5. The molecule has 1 saturated carbocycles. The van der Waals surface area contributed by atoms with Crippen molar-refractivity contribution in [1.29, 1.82) is 0 Å². The Labute approximate surface area is 199 Å². The molecule has 9 heteroatoms. The van der Waals surface area contributed by atoms with Crippen molar-refractivity contribution in [3.63, 3.8) is 0 Å². The molecule has 178 valence electrons. The SMILES string of the molecule is Cl.Cl.OC1(C(CN2CCNCC2)c2ccc(-c3ccccc3)c(OC(F)(F)F)c2)CCC1. The van der Waals surface area contributed by atoms with Crippen LogP contribution in [0.2, 0.25) is 0 Å². The van der Waals surface area contributed by atoms with E-state index in [9.17, 15) is 18.3 Å². The number of hydrogen-bond acceptors (Lipinski definition) is 4. The normalized spacial score (nSPS) is 19.1. The van der Waals surface area contributed by atoms with E-state index in [2.05, 4.69) is 15.0 Å². The Morgan fingerprint density at radius 3 is 2.25 bits per heavy atom. The topological polar surface area (TPSA) is 44.7 Å². The number of ether oxygens (including phenoxy) is 1. The molecule has 1 atom stereocenters. The van der Waals surface area contributed by atoms with E-state index in [-0.39, 0.29) is 36.5 Å². The van der Waals surface area contributed by atoms with Gasteiger partial charge in [0.25, 0.3) is 0 Å². The highest BCUT2D eigenvalue weighted by molar-refractivity contribution is 5.85. The second-order valence-corrected chi connectivity index (χ2v) is 8.23. The van der Waals surface area contributed by atoms with Crippen molar-refractivity contribution in [2.45, 2.75) is 37.1 Å². The molecule has 0 bridgehead atoms. The van der Waals surface area contributed by atoms with E-state index in [0.29, 0.717) is 36.1 Å². The summed E-state index contributed by atoms with van der Waals surface area (Å²) >= 11 is 0. The van der Waals surface area contributed by atoms with Crippen LogP contribution in [0.5, 0.6) is 5.75 Å². The van der Waals surface area contributed by atoms with Crippen LogP contribution in [0.25, 0.3) is 11.1 Å². The number of halogens is 5. The van der Waals surface area contributed by atoms with Crippen LogP contribution in [0.1, 0.15) is 30.7 Å². The van der Waals surface area contributed by atoms with E-state index in [4.69, 9.17) is 0 Å². The van der Waals surface area contributed by atoms with Crippen molar-refractivity contribution >= 4 is 24.8 Å². The number of nitrogens with one attached hydrogen (secondary N) is 1. The number of benzene rings is 2. The zero-order valence-corrected chi connectivity index (χ0v) is 19.2. The van der Waals surface area contributed by atoms with Gasteiger partial charge >= 0.3 is 6.36 Å². The smallest absolute Gasteiger partial charge is 0.405 e. The Hall–Kier alpha value is -1.51. The van der Waals surface area contributed by atoms with Crippen LogP contribution in [0, 0.1) is 0 Å². The van der Waals surface area contributed by atoms with E-state index in [1.165, 1.54) is 6.07 Å². The monoisotopic (exact) mass is 492 g/mol. The van der Waals surface area contributed by atoms with Crippen molar-refractivity contribution in [3.8, 4) is 16.9 Å². The van der Waals surface area contributed by atoms with Crippen LogP contribution >= 0.6 is 24.8 Å². The van der Waals surface area contributed by atoms with Crippen molar-refractivity contribution in [1.82, 2.24) is 10.2 Å². The van der Waals surface area contributed by atoms with Gasteiger partial charge in [-0.05, 0) is 36.5 Å². The van der Waals surface area contributed by atoms with Gasteiger partial charge in [0.05, 0.1) is 5.60 Å². The second kappa shape index (κ2) is 11.1. The first-order valence-corrected chi connectivity index (χ1v) is 10.4. The Balaban J connectivity index is 0.00000181. The summed E-state index contributed by atoms with van der Waals surface area (Å²) in [5.74, 6) is -0.482. The van der Waals surface area contributed by atoms with Gasteiger partial charge in [-0.15, -0.1) is 38.0 Å². The third-order valence-electron chi connectivity index (χ3n) is 6.24. The Morgan fingerprint density at radius 1 is 1.03 bits per heavy atom. The van der Waals surface area contributed by atoms with Gasteiger partial charge in [-0.3, -0.25) is 0 Å². The molecular weight excluding hydrogens is 464 g/mol. The average Bonchev–Trinajstić information content (AvgIpc) is 2.70. The predicted molar refractivity (Wildman–Crippen MR) is 124 cm³/mol. The number of nitrogens with zero attached hydrogens (tertiary/aromatic N) is 1. The number of aliphatic hydroxyl groups is 1. The first-order chi connectivity index (χ1) is 14.3. The summed E-state index contributed by atoms with van der Waals surface area (Å²) in [6.45, 7) is 4.09. The molecule has 1 saturated heterocycles. The summed E-state index contributed by atoms with van der Waals surface area (Å²) < 4.78 is 43.9. The highest BCUT2D eigenvalue weighted by Gasteiger charge is 2.44. The average molecular weight is 493 g/mol. The first kappa shape index (κ1) is 26.7. The molecule has 2 N–H and O–H groups in total. The van der Waals surface area contributed by atoms with Gasteiger partial charge in [0, 0.05) is 44.2 Å². The van der Waals surface area contributed by atoms with Gasteiger partial charge in [-0.1, -0.05) is 42.5 Å². The quantitative estimate of drug-likeness (QED) is 0.595. The maximum Gasteiger partial charge on any atom is 0.573 e. The van der Waals surface area contributed by atoms with Gasteiger partial charge in [0.15, 0.2) is 0 Å². The lowest BCUT2D eigenvalue weighted by Gasteiger charge is -2.46. The van der Waals surface area contributed by atoms with Crippen LogP contribution < -0.4 is 10.1 Å². The maximum absolute atomic E-state index is 13.2. The zero-order chi connectivity index (χ0) is 21.2. The molecule has 2 aromatic carbocycles. The molecule has 4 nitrogen and oxygen atoms in total. The van der Waals surface area contributed by atoms with Gasteiger partial charge < -0.3 is 20.1 Å². The fourth-order valence-corrected chi connectivity index (χ4v) is 4.45. The van der Waals surface area contributed by atoms with Gasteiger partial charge in [0.1, 0.15) is 5.75 Å². The van der Waals surface area contributed by atoms with E-state index in [0.717, 1.165) is 32.6 Å². The van der Waals surface area contributed by atoms with E-state index in [1.807, 2.05) is 12.1 Å². The molecule has 0 aromatic heterocycles. The van der Waals surface area contributed by atoms with Crippen molar-refractivity contribution in [2.24, 2.45) is 0 Å². The lowest BCUT2D eigenvalue weighted by Crippen LogP contribution is -2.51. The minimum atomic E-state index is -4.79. The molecule has 2 fully saturated rings. The number of rotatable bonds is 6. The lowest BCUT2D eigenvalue weighted by molar-refractivity contribution is -0.274. The molecule has 0 spiro atoms. The van der Waals surface area contributed by atoms with Crippen LogP contribution in [0.4, 0.5) is 13.2 Å². The summed E-state index contributed by atoms with van der Waals surface area (Å²) in [4.78, 5) is 2.27. The molecule has 2 aromatic rings. The van der Waals surface area contributed by atoms with Crippen LogP contribution in [-0.2, 0) is 0 Å². The lowest BCUT2D eigenvalue weighted by atomic mass is 9.68. The molecule has 0 radical (unpaired) electrons. The zero-order valence-electron chi connectivity index (χ0n) is 17.6. The van der Waals surface area contributed by atoms with E-state index in [1.54, 1.807) is 30.3 Å². The largest absolute Gasteiger partial charge is 0.573 e. The molecule has 1 aliphatic carbocycles. The summed E-state index contributed by atoms with van der Waals surface area (Å²) in [6.07, 6.45) is -2.52. The van der Waals surface area contributed by atoms with Crippen LogP contribution in [0.3, 0.4) is 0 Å². The molecule has 32 heavy (non-hydrogen) atoms. The molecule has 1 heterocycles. The Kier molecular flexibility index (Phi) is 9.25. The molecule has 0 amide bonds. The van der Waals surface area contributed by atoms with Gasteiger partial charge in [-0.2, -0.15) is 0 Å². The number of alkyl halides is 3. The van der Waals surface area contributed by atoms with Crippen LogP contribution in [-0.4, -0.2) is 54.7 Å². The molecule has 1 unspecified atom stereocenters. The van der Waals surface area contributed by atoms with E-state index < -0.39 is 12.0 Å². The summed E-state index contributed by atoms with van der Waals surface area (Å²) in [6, 6.07) is 13.9. The third-order valence-corrected chi connectivity index (χ3v) is 6.24. The minimum absolute atomic E-state index is 0. The van der Waals surface area contributed by atoms with E-state index >= 15 is 0 Å². The van der Waals surface area contributed by atoms with Crippen LogP contribution in [0.15, 0.2) is 48.5 Å². The fourth-order valence-electron chi connectivity index (χ4n) is 4.45.